The first-order valence-electron chi connectivity index (χ1n) is 9.45. The zero-order chi connectivity index (χ0) is 21.2. The molecular weight excluding hydrogens is 402 g/mol. The van der Waals surface area contributed by atoms with E-state index in [9.17, 15) is 9.59 Å². The minimum Gasteiger partial charge on any atom is -0.459 e. The summed E-state index contributed by atoms with van der Waals surface area (Å²) in [6, 6.07) is 13.2. The molecule has 0 aliphatic heterocycles. The standard InChI is InChI=1S/C21H23N5O3S/c1-2-12-26-18(14-23-20(28)17-9-6-13-29-17)24-25-21(26)30-15-19(27)22-11-10-16-7-4-3-5-8-16/h2-9,13H,1,10-12,14-15H2,(H,22,27)(H,23,28). The van der Waals surface area contributed by atoms with Gasteiger partial charge in [0.25, 0.3) is 5.91 Å². The summed E-state index contributed by atoms with van der Waals surface area (Å²) in [5.74, 6) is 0.619. The molecule has 3 aromatic rings. The lowest BCUT2D eigenvalue weighted by atomic mass is 10.1. The molecule has 0 saturated heterocycles. The number of thioether (sulfide) groups is 1. The SMILES string of the molecule is C=CCn1c(CNC(=O)c2ccco2)nnc1SCC(=O)NCCc1ccccc1. The van der Waals surface area contributed by atoms with Gasteiger partial charge in [-0.3, -0.25) is 9.59 Å². The molecule has 0 radical (unpaired) electrons. The first-order chi connectivity index (χ1) is 14.7. The predicted molar refractivity (Wildman–Crippen MR) is 114 cm³/mol. The second-order valence-electron chi connectivity index (χ2n) is 6.33. The maximum Gasteiger partial charge on any atom is 0.287 e. The van der Waals surface area contributed by atoms with Crippen molar-refractivity contribution in [3.8, 4) is 0 Å². The second kappa shape index (κ2) is 11.0. The highest BCUT2D eigenvalue weighted by Crippen LogP contribution is 2.17. The van der Waals surface area contributed by atoms with Crippen LogP contribution in [0, 0.1) is 0 Å². The molecule has 0 atom stereocenters. The van der Waals surface area contributed by atoms with Crippen LogP contribution in [0.3, 0.4) is 0 Å². The molecule has 9 heteroatoms. The summed E-state index contributed by atoms with van der Waals surface area (Å²) in [4.78, 5) is 24.2. The Morgan fingerprint density at radius 1 is 1.13 bits per heavy atom. The highest BCUT2D eigenvalue weighted by atomic mass is 32.2. The fraction of sp³-hybridized carbons (Fsp3) is 0.238. The number of amides is 2. The lowest BCUT2D eigenvalue weighted by molar-refractivity contribution is -0.118. The smallest absolute Gasteiger partial charge is 0.287 e. The average Bonchev–Trinajstić information content (AvgIpc) is 3.42. The van der Waals surface area contributed by atoms with Gasteiger partial charge >= 0.3 is 0 Å². The van der Waals surface area contributed by atoms with Gasteiger partial charge in [-0.1, -0.05) is 48.2 Å². The summed E-state index contributed by atoms with van der Waals surface area (Å²) in [5, 5.41) is 14.5. The number of nitrogens with zero attached hydrogens (tertiary/aromatic N) is 3. The van der Waals surface area contributed by atoms with Crippen molar-refractivity contribution in [2.45, 2.75) is 24.7 Å². The fourth-order valence-electron chi connectivity index (χ4n) is 2.70. The van der Waals surface area contributed by atoms with Gasteiger partial charge in [0.2, 0.25) is 5.91 Å². The Morgan fingerprint density at radius 2 is 1.97 bits per heavy atom. The van der Waals surface area contributed by atoms with Gasteiger partial charge in [-0.15, -0.1) is 16.8 Å². The number of nitrogens with one attached hydrogen (secondary N) is 2. The first kappa shape index (κ1) is 21.4. The average molecular weight is 426 g/mol. The van der Waals surface area contributed by atoms with Gasteiger partial charge in [0.1, 0.15) is 0 Å². The molecule has 1 aromatic carbocycles. The number of aromatic nitrogens is 3. The molecule has 0 bridgehead atoms. The number of allylic oxidation sites excluding steroid dienone is 1. The van der Waals surface area contributed by atoms with E-state index in [4.69, 9.17) is 4.42 Å². The third-order valence-electron chi connectivity index (χ3n) is 4.17. The van der Waals surface area contributed by atoms with E-state index in [1.165, 1.54) is 23.6 Å². The van der Waals surface area contributed by atoms with Crippen LogP contribution in [0.2, 0.25) is 0 Å². The molecule has 8 nitrogen and oxygen atoms in total. The third-order valence-corrected chi connectivity index (χ3v) is 5.13. The molecule has 2 heterocycles. The zero-order valence-corrected chi connectivity index (χ0v) is 17.2. The Labute approximate surface area is 178 Å². The van der Waals surface area contributed by atoms with Crippen LogP contribution in [0.5, 0.6) is 0 Å². The van der Waals surface area contributed by atoms with Crippen molar-refractivity contribution in [3.63, 3.8) is 0 Å². The lowest BCUT2D eigenvalue weighted by Gasteiger charge is -2.08. The van der Waals surface area contributed by atoms with Crippen LogP contribution in [0.4, 0.5) is 0 Å². The van der Waals surface area contributed by atoms with E-state index >= 15 is 0 Å². The van der Waals surface area contributed by atoms with E-state index in [1.807, 2.05) is 34.9 Å². The van der Waals surface area contributed by atoms with Crippen LogP contribution in [-0.4, -0.2) is 38.9 Å². The molecule has 0 spiro atoms. The van der Waals surface area contributed by atoms with E-state index in [0.717, 1.165) is 6.42 Å². The minimum absolute atomic E-state index is 0.0724. The summed E-state index contributed by atoms with van der Waals surface area (Å²) in [5.41, 5.74) is 1.18. The van der Waals surface area contributed by atoms with Gasteiger partial charge < -0.3 is 19.6 Å². The van der Waals surface area contributed by atoms with Gasteiger partial charge in [-0.2, -0.15) is 0 Å². The third kappa shape index (κ3) is 6.08. The number of hydrogen-bond donors (Lipinski definition) is 2. The van der Waals surface area contributed by atoms with Crippen molar-refractivity contribution in [1.29, 1.82) is 0 Å². The van der Waals surface area contributed by atoms with Crippen molar-refractivity contribution in [3.05, 3.63) is 78.5 Å². The highest BCUT2D eigenvalue weighted by Gasteiger charge is 2.15. The van der Waals surface area contributed by atoms with Crippen LogP contribution in [0.25, 0.3) is 0 Å². The summed E-state index contributed by atoms with van der Waals surface area (Å²) in [6.07, 6.45) is 3.93. The molecule has 0 saturated carbocycles. The number of rotatable bonds is 11. The van der Waals surface area contributed by atoms with Crippen LogP contribution < -0.4 is 10.6 Å². The monoisotopic (exact) mass is 425 g/mol. The number of carbonyl (C=O) groups excluding carboxylic acids is 2. The molecule has 2 N–H and O–H groups in total. The van der Waals surface area contributed by atoms with E-state index in [0.29, 0.717) is 24.1 Å². The summed E-state index contributed by atoms with van der Waals surface area (Å²) in [6.45, 7) is 4.98. The molecule has 156 valence electrons. The van der Waals surface area contributed by atoms with Crippen molar-refractivity contribution < 1.29 is 14.0 Å². The number of carbonyl (C=O) groups is 2. The number of benzene rings is 1. The van der Waals surface area contributed by atoms with Crippen molar-refractivity contribution in [2.75, 3.05) is 12.3 Å². The van der Waals surface area contributed by atoms with E-state index in [2.05, 4.69) is 27.4 Å². The fourth-order valence-corrected chi connectivity index (χ4v) is 3.49. The Bertz CT molecular complexity index is 970. The molecule has 0 aliphatic carbocycles. The maximum absolute atomic E-state index is 12.2. The molecule has 30 heavy (non-hydrogen) atoms. The Balaban J connectivity index is 1.49. The van der Waals surface area contributed by atoms with Gasteiger partial charge in [0.15, 0.2) is 16.7 Å². The summed E-state index contributed by atoms with van der Waals surface area (Å²) >= 11 is 1.29. The number of furan rings is 1. The summed E-state index contributed by atoms with van der Waals surface area (Å²) in [7, 11) is 0. The normalized spacial score (nSPS) is 10.5. The van der Waals surface area contributed by atoms with E-state index in [1.54, 1.807) is 18.2 Å². The molecule has 3 rings (SSSR count). The molecule has 2 amide bonds. The van der Waals surface area contributed by atoms with E-state index in [-0.39, 0.29) is 29.9 Å². The van der Waals surface area contributed by atoms with Crippen LogP contribution in [0.1, 0.15) is 21.9 Å². The number of hydrogen-bond acceptors (Lipinski definition) is 6. The predicted octanol–water partition coefficient (Wildman–Crippen LogP) is 2.44. The van der Waals surface area contributed by atoms with Crippen molar-refractivity contribution in [2.24, 2.45) is 0 Å². The molecular formula is C21H23N5O3S. The Hall–Kier alpha value is -3.33. The van der Waals surface area contributed by atoms with Gasteiger partial charge in [0, 0.05) is 13.1 Å². The van der Waals surface area contributed by atoms with E-state index < -0.39 is 0 Å². The quantitative estimate of drug-likeness (QED) is 0.361. The largest absolute Gasteiger partial charge is 0.459 e. The van der Waals surface area contributed by atoms with Crippen molar-refractivity contribution >= 4 is 23.6 Å². The van der Waals surface area contributed by atoms with Crippen LogP contribution >= 0.6 is 11.8 Å². The molecule has 0 fully saturated rings. The van der Waals surface area contributed by atoms with Crippen molar-refractivity contribution in [1.82, 2.24) is 25.4 Å². The lowest BCUT2D eigenvalue weighted by Crippen LogP contribution is -2.27. The summed E-state index contributed by atoms with van der Waals surface area (Å²) < 4.78 is 6.89. The van der Waals surface area contributed by atoms with Crippen LogP contribution in [-0.2, 0) is 24.3 Å². The maximum atomic E-state index is 12.2. The van der Waals surface area contributed by atoms with Gasteiger partial charge in [0.05, 0.1) is 18.6 Å². The zero-order valence-electron chi connectivity index (χ0n) is 16.4. The molecule has 2 aromatic heterocycles. The minimum atomic E-state index is -0.333. The topological polar surface area (TPSA) is 102 Å². The van der Waals surface area contributed by atoms with Gasteiger partial charge in [-0.05, 0) is 24.1 Å². The Kier molecular flexibility index (Phi) is 7.85. The van der Waals surface area contributed by atoms with Crippen LogP contribution in [0.15, 0.2) is 71.0 Å². The van der Waals surface area contributed by atoms with Gasteiger partial charge in [-0.25, -0.2) is 0 Å². The molecule has 0 aliphatic rings. The first-order valence-corrected chi connectivity index (χ1v) is 10.4. The second-order valence-corrected chi connectivity index (χ2v) is 7.27. The Morgan fingerprint density at radius 3 is 2.70 bits per heavy atom. The highest BCUT2D eigenvalue weighted by molar-refractivity contribution is 7.99. The molecule has 0 unspecified atom stereocenters.